The maximum absolute atomic E-state index is 5.98. The van der Waals surface area contributed by atoms with Crippen LogP contribution in [0.1, 0.15) is 11.1 Å². The third-order valence-corrected chi connectivity index (χ3v) is 4.03. The van der Waals surface area contributed by atoms with Gasteiger partial charge in [0.15, 0.2) is 11.5 Å². The number of anilines is 1. The number of para-hydroxylation sites is 1. The Morgan fingerprint density at radius 2 is 1.96 bits per heavy atom. The molecular formula is C18H18ClN3O3. The van der Waals surface area contributed by atoms with Crippen molar-refractivity contribution < 1.29 is 13.9 Å². The van der Waals surface area contributed by atoms with E-state index >= 15 is 0 Å². The van der Waals surface area contributed by atoms with Crippen molar-refractivity contribution in [2.24, 2.45) is 0 Å². The first-order valence-corrected chi connectivity index (χ1v) is 8.04. The SMILES string of the molecule is COc1cccc(-c2nnc(NCc3ccc(Cl)cc3C)o2)c1OC. The summed E-state index contributed by atoms with van der Waals surface area (Å²) in [6, 6.07) is 11.5. The van der Waals surface area contributed by atoms with E-state index in [0.29, 0.717) is 40.5 Å². The number of rotatable bonds is 6. The zero-order chi connectivity index (χ0) is 17.8. The Balaban J connectivity index is 1.79. The first kappa shape index (κ1) is 17.1. The molecule has 0 unspecified atom stereocenters. The Morgan fingerprint density at radius 3 is 2.68 bits per heavy atom. The minimum Gasteiger partial charge on any atom is -0.493 e. The predicted octanol–water partition coefficient (Wildman–Crippen LogP) is 4.33. The summed E-state index contributed by atoms with van der Waals surface area (Å²) < 4.78 is 16.4. The molecule has 0 bridgehead atoms. The monoisotopic (exact) mass is 359 g/mol. The van der Waals surface area contributed by atoms with E-state index in [2.05, 4.69) is 15.5 Å². The van der Waals surface area contributed by atoms with Gasteiger partial charge in [-0.15, -0.1) is 5.10 Å². The Morgan fingerprint density at radius 1 is 1.12 bits per heavy atom. The third-order valence-electron chi connectivity index (χ3n) is 3.79. The molecule has 1 N–H and O–H groups in total. The van der Waals surface area contributed by atoms with Gasteiger partial charge in [-0.1, -0.05) is 28.8 Å². The molecule has 7 heteroatoms. The quantitative estimate of drug-likeness (QED) is 0.706. The molecule has 0 amide bonds. The van der Waals surface area contributed by atoms with Crippen molar-refractivity contribution in [3.05, 3.63) is 52.5 Å². The van der Waals surface area contributed by atoms with Crippen LogP contribution >= 0.6 is 11.6 Å². The van der Waals surface area contributed by atoms with Crippen molar-refractivity contribution in [3.8, 4) is 23.0 Å². The number of aryl methyl sites for hydroxylation is 1. The zero-order valence-electron chi connectivity index (χ0n) is 14.2. The van der Waals surface area contributed by atoms with E-state index in [1.807, 2.05) is 37.3 Å². The highest BCUT2D eigenvalue weighted by Gasteiger charge is 2.17. The summed E-state index contributed by atoms with van der Waals surface area (Å²) >= 11 is 5.98. The number of hydrogen-bond acceptors (Lipinski definition) is 6. The molecule has 1 aromatic heterocycles. The lowest BCUT2D eigenvalue weighted by Crippen LogP contribution is -2.01. The zero-order valence-corrected chi connectivity index (χ0v) is 14.9. The topological polar surface area (TPSA) is 69.4 Å². The second-order valence-corrected chi connectivity index (χ2v) is 5.81. The number of nitrogens with zero attached hydrogens (tertiary/aromatic N) is 2. The van der Waals surface area contributed by atoms with Crippen LogP contribution in [0.5, 0.6) is 11.5 Å². The van der Waals surface area contributed by atoms with E-state index in [9.17, 15) is 0 Å². The third kappa shape index (κ3) is 3.69. The van der Waals surface area contributed by atoms with Crippen molar-refractivity contribution in [2.45, 2.75) is 13.5 Å². The number of nitrogens with one attached hydrogen (secondary N) is 1. The minimum atomic E-state index is 0.328. The van der Waals surface area contributed by atoms with E-state index in [4.69, 9.17) is 25.5 Å². The smallest absolute Gasteiger partial charge is 0.316 e. The molecule has 130 valence electrons. The summed E-state index contributed by atoms with van der Waals surface area (Å²) in [5, 5.41) is 12.0. The molecule has 6 nitrogen and oxygen atoms in total. The molecule has 2 aromatic carbocycles. The van der Waals surface area contributed by atoms with Crippen LogP contribution in [0.4, 0.5) is 6.01 Å². The standard InChI is InChI=1S/C18H18ClN3O3/c1-11-9-13(19)8-7-12(11)10-20-18-22-21-17(25-18)14-5-4-6-15(23-2)16(14)24-3/h4-9H,10H2,1-3H3,(H,20,22). The van der Waals surface area contributed by atoms with Crippen LogP contribution in [-0.2, 0) is 6.54 Å². The van der Waals surface area contributed by atoms with Gasteiger partial charge in [-0.3, -0.25) is 0 Å². The van der Waals surface area contributed by atoms with Gasteiger partial charge in [0.25, 0.3) is 5.89 Å². The van der Waals surface area contributed by atoms with Gasteiger partial charge < -0.3 is 19.2 Å². The van der Waals surface area contributed by atoms with Gasteiger partial charge in [0.2, 0.25) is 0 Å². The normalized spacial score (nSPS) is 10.6. The number of methoxy groups -OCH3 is 2. The first-order chi connectivity index (χ1) is 12.1. The van der Waals surface area contributed by atoms with Crippen LogP contribution in [0.15, 0.2) is 40.8 Å². The fraction of sp³-hybridized carbons (Fsp3) is 0.222. The molecule has 0 radical (unpaired) electrons. The molecule has 0 saturated heterocycles. The van der Waals surface area contributed by atoms with Crippen LogP contribution < -0.4 is 14.8 Å². The fourth-order valence-corrected chi connectivity index (χ4v) is 2.71. The second-order valence-electron chi connectivity index (χ2n) is 5.38. The van der Waals surface area contributed by atoms with Crippen LogP contribution in [0, 0.1) is 6.92 Å². The lowest BCUT2D eigenvalue weighted by molar-refractivity contribution is 0.355. The Labute approximate surface area is 150 Å². The van der Waals surface area contributed by atoms with E-state index in [-0.39, 0.29) is 0 Å². The number of hydrogen-bond donors (Lipinski definition) is 1. The van der Waals surface area contributed by atoms with Gasteiger partial charge in [-0.25, -0.2) is 0 Å². The van der Waals surface area contributed by atoms with E-state index < -0.39 is 0 Å². The highest BCUT2D eigenvalue weighted by Crippen LogP contribution is 2.37. The number of benzene rings is 2. The molecule has 0 aliphatic heterocycles. The Hall–Kier alpha value is -2.73. The summed E-state index contributed by atoms with van der Waals surface area (Å²) in [4.78, 5) is 0. The largest absolute Gasteiger partial charge is 0.493 e. The molecule has 0 spiro atoms. The lowest BCUT2D eigenvalue weighted by Gasteiger charge is -2.09. The number of aromatic nitrogens is 2. The highest BCUT2D eigenvalue weighted by atomic mass is 35.5. The molecule has 25 heavy (non-hydrogen) atoms. The van der Waals surface area contributed by atoms with Gasteiger partial charge in [-0.05, 0) is 42.3 Å². The molecule has 3 rings (SSSR count). The molecular weight excluding hydrogens is 342 g/mol. The Kier molecular flexibility index (Phi) is 5.09. The van der Waals surface area contributed by atoms with Gasteiger partial charge in [0.1, 0.15) is 0 Å². The van der Waals surface area contributed by atoms with Crippen molar-refractivity contribution in [1.82, 2.24) is 10.2 Å². The number of ether oxygens (including phenoxy) is 2. The maximum Gasteiger partial charge on any atom is 0.316 e. The molecule has 0 atom stereocenters. The Bertz CT molecular complexity index is 880. The summed E-state index contributed by atoms with van der Waals surface area (Å²) in [7, 11) is 3.15. The summed E-state index contributed by atoms with van der Waals surface area (Å²) in [6.45, 7) is 2.56. The molecule has 0 fully saturated rings. The van der Waals surface area contributed by atoms with Crippen LogP contribution in [-0.4, -0.2) is 24.4 Å². The molecule has 0 aliphatic carbocycles. The van der Waals surface area contributed by atoms with Crippen LogP contribution in [0.3, 0.4) is 0 Å². The summed E-state index contributed by atoms with van der Waals surface area (Å²) in [5.74, 6) is 1.50. The van der Waals surface area contributed by atoms with E-state index in [1.54, 1.807) is 20.3 Å². The van der Waals surface area contributed by atoms with Crippen LogP contribution in [0.25, 0.3) is 11.5 Å². The van der Waals surface area contributed by atoms with Crippen LogP contribution in [0.2, 0.25) is 5.02 Å². The fourth-order valence-electron chi connectivity index (χ4n) is 2.49. The molecule has 0 saturated carbocycles. The summed E-state index contributed by atoms with van der Waals surface area (Å²) in [5.41, 5.74) is 2.86. The van der Waals surface area contributed by atoms with Crippen molar-refractivity contribution in [2.75, 3.05) is 19.5 Å². The minimum absolute atomic E-state index is 0.328. The highest BCUT2D eigenvalue weighted by molar-refractivity contribution is 6.30. The van der Waals surface area contributed by atoms with E-state index in [1.165, 1.54) is 0 Å². The average molecular weight is 360 g/mol. The predicted molar refractivity (Wildman–Crippen MR) is 96.4 cm³/mol. The first-order valence-electron chi connectivity index (χ1n) is 7.66. The van der Waals surface area contributed by atoms with E-state index in [0.717, 1.165) is 11.1 Å². The van der Waals surface area contributed by atoms with Crippen molar-refractivity contribution >= 4 is 17.6 Å². The van der Waals surface area contributed by atoms with Gasteiger partial charge >= 0.3 is 6.01 Å². The van der Waals surface area contributed by atoms with Crippen molar-refractivity contribution in [3.63, 3.8) is 0 Å². The van der Waals surface area contributed by atoms with Gasteiger partial charge in [-0.2, -0.15) is 0 Å². The summed E-state index contributed by atoms with van der Waals surface area (Å²) in [6.07, 6.45) is 0. The lowest BCUT2D eigenvalue weighted by atomic mass is 10.1. The molecule has 1 heterocycles. The average Bonchev–Trinajstić information content (AvgIpc) is 3.09. The van der Waals surface area contributed by atoms with Crippen molar-refractivity contribution in [1.29, 1.82) is 0 Å². The molecule has 0 aliphatic rings. The van der Waals surface area contributed by atoms with Gasteiger partial charge in [0, 0.05) is 11.6 Å². The maximum atomic E-state index is 5.98. The second kappa shape index (κ2) is 7.44. The molecule has 3 aromatic rings. The van der Waals surface area contributed by atoms with Gasteiger partial charge in [0.05, 0.1) is 19.8 Å². The number of halogens is 1.